The zero-order chi connectivity index (χ0) is 20.6. The lowest BCUT2D eigenvalue weighted by atomic mass is 10.0. The number of esters is 1. The summed E-state index contributed by atoms with van der Waals surface area (Å²) < 4.78 is 10.8. The van der Waals surface area contributed by atoms with Gasteiger partial charge in [-0.05, 0) is 68.8 Å². The van der Waals surface area contributed by atoms with E-state index in [1.807, 2.05) is 6.07 Å². The maximum Gasteiger partial charge on any atom is 0.328 e. The first-order valence-electron chi connectivity index (χ1n) is 10.1. The zero-order valence-electron chi connectivity index (χ0n) is 17.0. The Morgan fingerprint density at radius 1 is 1.10 bits per heavy atom. The van der Waals surface area contributed by atoms with Crippen molar-refractivity contribution in [3.8, 4) is 11.5 Å². The summed E-state index contributed by atoms with van der Waals surface area (Å²) in [5, 5.41) is 2.83. The second kappa shape index (κ2) is 10.1. The molecule has 1 amide bonds. The number of ether oxygens (including phenoxy) is 2. The maximum atomic E-state index is 12.6. The highest BCUT2D eigenvalue weighted by Crippen LogP contribution is 2.23. The molecule has 29 heavy (non-hydrogen) atoms. The summed E-state index contributed by atoms with van der Waals surface area (Å²) in [5.41, 5.74) is 1.07. The number of likely N-dealkylation sites (tertiary alicyclic amines) is 1. The van der Waals surface area contributed by atoms with Crippen LogP contribution in [0.4, 0.5) is 5.69 Å². The van der Waals surface area contributed by atoms with Crippen molar-refractivity contribution in [1.29, 1.82) is 0 Å². The van der Waals surface area contributed by atoms with Crippen molar-refractivity contribution in [3.05, 3.63) is 54.1 Å². The van der Waals surface area contributed by atoms with Gasteiger partial charge in [0.2, 0.25) is 0 Å². The molecule has 0 spiro atoms. The first-order chi connectivity index (χ1) is 14.1. The topological polar surface area (TPSA) is 67.9 Å². The molecule has 0 aliphatic carbocycles. The molecule has 1 saturated heterocycles. The molecule has 0 aromatic heterocycles. The average molecular weight is 396 g/mol. The molecular weight excluding hydrogens is 368 g/mol. The molecule has 2 aromatic carbocycles. The second-order valence-corrected chi connectivity index (χ2v) is 7.15. The molecule has 1 atom stereocenters. The molecule has 1 fully saturated rings. The molecule has 3 rings (SSSR count). The zero-order valence-corrected chi connectivity index (χ0v) is 17.0. The van der Waals surface area contributed by atoms with Crippen LogP contribution in [0.5, 0.6) is 11.5 Å². The van der Waals surface area contributed by atoms with Crippen molar-refractivity contribution in [3.63, 3.8) is 0 Å². The molecule has 1 unspecified atom stereocenters. The van der Waals surface area contributed by atoms with Crippen LogP contribution in [0.3, 0.4) is 0 Å². The SMILES string of the molecule is CCCN1CCCCC1C(=O)Oc1ccc(NC(=O)c2ccccc2OC)cc1. The molecule has 1 heterocycles. The van der Waals surface area contributed by atoms with E-state index < -0.39 is 0 Å². The Balaban J connectivity index is 1.61. The minimum absolute atomic E-state index is 0.173. The monoisotopic (exact) mass is 396 g/mol. The van der Waals surface area contributed by atoms with Gasteiger partial charge in [0, 0.05) is 5.69 Å². The smallest absolute Gasteiger partial charge is 0.328 e. The molecule has 2 aromatic rings. The molecule has 1 aliphatic heterocycles. The third-order valence-electron chi connectivity index (χ3n) is 5.08. The van der Waals surface area contributed by atoms with Gasteiger partial charge in [-0.1, -0.05) is 25.5 Å². The second-order valence-electron chi connectivity index (χ2n) is 7.15. The number of methoxy groups -OCH3 is 1. The Hall–Kier alpha value is -2.86. The Morgan fingerprint density at radius 2 is 1.86 bits per heavy atom. The van der Waals surface area contributed by atoms with Crippen molar-refractivity contribution < 1.29 is 19.1 Å². The summed E-state index contributed by atoms with van der Waals surface area (Å²) in [4.78, 5) is 27.3. The molecule has 6 nitrogen and oxygen atoms in total. The van der Waals surface area contributed by atoms with Crippen LogP contribution in [0, 0.1) is 0 Å². The molecule has 6 heteroatoms. The van der Waals surface area contributed by atoms with E-state index >= 15 is 0 Å². The van der Waals surface area contributed by atoms with Crippen LogP contribution in [-0.2, 0) is 4.79 Å². The summed E-state index contributed by atoms with van der Waals surface area (Å²) in [6, 6.07) is 13.7. The minimum atomic E-state index is -0.260. The predicted octanol–water partition coefficient (Wildman–Crippen LogP) is 4.12. The standard InChI is InChI=1S/C23H28N2O4/c1-3-15-25-16-7-6-9-20(25)23(27)29-18-13-11-17(12-14-18)24-22(26)19-8-4-5-10-21(19)28-2/h4-5,8,10-14,20H,3,6-7,9,15-16H2,1-2H3,(H,24,26). The fourth-order valence-corrected chi connectivity index (χ4v) is 3.63. The van der Waals surface area contributed by atoms with Gasteiger partial charge in [-0.15, -0.1) is 0 Å². The van der Waals surface area contributed by atoms with Gasteiger partial charge in [0.1, 0.15) is 17.5 Å². The maximum absolute atomic E-state index is 12.6. The molecular formula is C23H28N2O4. The van der Waals surface area contributed by atoms with E-state index in [-0.39, 0.29) is 17.9 Å². The van der Waals surface area contributed by atoms with Crippen molar-refractivity contribution >= 4 is 17.6 Å². The van der Waals surface area contributed by atoms with Crippen LogP contribution < -0.4 is 14.8 Å². The number of nitrogens with zero attached hydrogens (tertiary/aromatic N) is 1. The van der Waals surface area contributed by atoms with E-state index in [1.54, 1.807) is 42.5 Å². The third-order valence-corrected chi connectivity index (χ3v) is 5.08. The summed E-state index contributed by atoms with van der Waals surface area (Å²) in [5.74, 6) is 0.528. The lowest BCUT2D eigenvalue weighted by Gasteiger charge is -2.33. The summed E-state index contributed by atoms with van der Waals surface area (Å²) in [7, 11) is 1.53. The van der Waals surface area contributed by atoms with Gasteiger partial charge < -0.3 is 14.8 Å². The van der Waals surface area contributed by atoms with Gasteiger partial charge in [-0.3, -0.25) is 9.69 Å². The van der Waals surface area contributed by atoms with Crippen LogP contribution in [-0.4, -0.2) is 43.0 Å². The van der Waals surface area contributed by atoms with Crippen LogP contribution in [0.1, 0.15) is 43.0 Å². The lowest BCUT2D eigenvalue weighted by Crippen LogP contribution is -2.46. The van der Waals surface area contributed by atoms with E-state index in [4.69, 9.17) is 9.47 Å². The number of para-hydroxylation sites is 1. The van der Waals surface area contributed by atoms with Crippen LogP contribution in [0.2, 0.25) is 0 Å². The number of carbonyl (C=O) groups is 2. The normalized spacial score (nSPS) is 16.8. The van der Waals surface area contributed by atoms with Gasteiger partial charge >= 0.3 is 5.97 Å². The number of hydrogen-bond acceptors (Lipinski definition) is 5. The molecule has 154 valence electrons. The molecule has 0 radical (unpaired) electrons. The molecule has 1 N–H and O–H groups in total. The Labute approximate surface area is 171 Å². The van der Waals surface area contributed by atoms with E-state index in [9.17, 15) is 9.59 Å². The van der Waals surface area contributed by atoms with Crippen LogP contribution in [0.15, 0.2) is 48.5 Å². The Bertz CT molecular complexity index is 833. The number of rotatable bonds is 7. The van der Waals surface area contributed by atoms with E-state index in [1.165, 1.54) is 7.11 Å². The van der Waals surface area contributed by atoms with Crippen LogP contribution in [0.25, 0.3) is 0 Å². The van der Waals surface area contributed by atoms with Crippen molar-refractivity contribution in [2.45, 2.75) is 38.6 Å². The van der Waals surface area contributed by atoms with E-state index in [2.05, 4.69) is 17.1 Å². The quantitative estimate of drug-likeness (QED) is 0.563. The first kappa shape index (κ1) is 20.9. The number of nitrogens with one attached hydrogen (secondary N) is 1. The number of amides is 1. The highest BCUT2D eigenvalue weighted by Gasteiger charge is 2.29. The largest absolute Gasteiger partial charge is 0.496 e. The van der Waals surface area contributed by atoms with Crippen molar-refractivity contribution in [2.24, 2.45) is 0 Å². The highest BCUT2D eigenvalue weighted by molar-refractivity contribution is 6.06. The Morgan fingerprint density at radius 3 is 2.59 bits per heavy atom. The number of anilines is 1. The fourth-order valence-electron chi connectivity index (χ4n) is 3.63. The first-order valence-corrected chi connectivity index (χ1v) is 10.1. The minimum Gasteiger partial charge on any atom is -0.496 e. The third kappa shape index (κ3) is 5.35. The number of hydrogen-bond donors (Lipinski definition) is 1. The highest BCUT2D eigenvalue weighted by atomic mass is 16.5. The lowest BCUT2D eigenvalue weighted by molar-refractivity contribution is -0.141. The molecule has 1 aliphatic rings. The molecule has 0 saturated carbocycles. The number of carbonyl (C=O) groups excluding carboxylic acids is 2. The van der Waals surface area contributed by atoms with Gasteiger partial charge in [-0.2, -0.15) is 0 Å². The summed E-state index contributed by atoms with van der Waals surface area (Å²) >= 11 is 0. The van der Waals surface area contributed by atoms with E-state index in [0.717, 1.165) is 38.8 Å². The van der Waals surface area contributed by atoms with Gasteiger partial charge in [0.05, 0.1) is 12.7 Å². The average Bonchev–Trinajstić information content (AvgIpc) is 2.75. The predicted molar refractivity (Wildman–Crippen MR) is 113 cm³/mol. The van der Waals surface area contributed by atoms with Gasteiger partial charge in [-0.25, -0.2) is 4.79 Å². The summed E-state index contributed by atoms with van der Waals surface area (Å²) in [6.45, 7) is 3.98. The van der Waals surface area contributed by atoms with E-state index in [0.29, 0.717) is 22.7 Å². The van der Waals surface area contributed by atoms with Gasteiger partial charge in [0.25, 0.3) is 5.91 Å². The summed E-state index contributed by atoms with van der Waals surface area (Å²) in [6.07, 6.45) is 4.04. The number of piperidine rings is 1. The fraction of sp³-hybridized carbons (Fsp3) is 0.391. The van der Waals surface area contributed by atoms with Gasteiger partial charge in [0.15, 0.2) is 0 Å². The van der Waals surface area contributed by atoms with Crippen molar-refractivity contribution in [2.75, 3.05) is 25.5 Å². The number of benzene rings is 2. The Kier molecular flexibility index (Phi) is 7.25. The molecule has 0 bridgehead atoms. The van der Waals surface area contributed by atoms with Crippen LogP contribution >= 0.6 is 0 Å². The van der Waals surface area contributed by atoms with Crippen molar-refractivity contribution in [1.82, 2.24) is 4.90 Å².